The number of hydrogen-bond donors (Lipinski definition) is 2. The molecule has 108 valence electrons. The molecule has 1 spiro atoms. The Morgan fingerprint density at radius 3 is 2.95 bits per heavy atom. The van der Waals surface area contributed by atoms with Gasteiger partial charge in [-0.3, -0.25) is 0 Å². The molecule has 0 aromatic heterocycles. The van der Waals surface area contributed by atoms with Gasteiger partial charge in [-0.05, 0) is 62.8 Å². The van der Waals surface area contributed by atoms with Gasteiger partial charge in [0.1, 0.15) is 0 Å². The van der Waals surface area contributed by atoms with Crippen LogP contribution in [0.1, 0.15) is 45.4 Å². The van der Waals surface area contributed by atoms with E-state index in [1.165, 1.54) is 45.1 Å². The average molecular weight is 264 g/mol. The van der Waals surface area contributed by atoms with Crippen molar-refractivity contribution in [3.8, 4) is 0 Å². The van der Waals surface area contributed by atoms with E-state index in [2.05, 4.69) is 17.6 Å². The number of rotatable bonds is 2. The van der Waals surface area contributed by atoms with Crippen LogP contribution in [-0.2, 0) is 4.74 Å². The van der Waals surface area contributed by atoms with Crippen LogP contribution in [0.2, 0.25) is 0 Å². The Morgan fingerprint density at radius 2 is 2.11 bits per heavy atom. The Morgan fingerprint density at radius 1 is 1.21 bits per heavy atom. The zero-order valence-corrected chi connectivity index (χ0v) is 12.2. The third kappa shape index (κ3) is 2.34. The molecule has 0 amide bonds. The van der Waals surface area contributed by atoms with E-state index in [0.29, 0.717) is 11.6 Å². The molecule has 0 radical (unpaired) electrons. The number of piperidine rings is 1. The molecule has 5 unspecified atom stereocenters. The molecular formula is C16H28N2O. The molecule has 2 saturated carbocycles. The molecule has 2 heterocycles. The van der Waals surface area contributed by atoms with Crippen LogP contribution < -0.4 is 10.6 Å². The molecule has 5 atom stereocenters. The molecule has 3 heteroatoms. The Balaban J connectivity index is 1.37. The number of morpholine rings is 1. The fourth-order valence-corrected chi connectivity index (χ4v) is 4.87. The van der Waals surface area contributed by atoms with Gasteiger partial charge in [-0.2, -0.15) is 0 Å². The summed E-state index contributed by atoms with van der Waals surface area (Å²) in [6.45, 7) is 5.58. The van der Waals surface area contributed by atoms with Crippen molar-refractivity contribution in [3.63, 3.8) is 0 Å². The summed E-state index contributed by atoms with van der Waals surface area (Å²) in [4.78, 5) is 0. The topological polar surface area (TPSA) is 33.3 Å². The lowest BCUT2D eigenvalue weighted by molar-refractivity contribution is 0.0273. The zero-order chi connectivity index (χ0) is 12.9. The van der Waals surface area contributed by atoms with Gasteiger partial charge < -0.3 is 15.4 Å². The van der Waals surface area contributed by atoms with Gasteiger partial charge in [0.15, 0.2) is 0 Å². The number of hydrogen-bond acceptors (Lipinski definition) is 3. The van der Waals surface area contributed by atoms with Crippen LogP contribution in [-0.4, -0.2) is 37.4 Å². The van der Waals surface area contributed by atoms with Gasteiger partial charge in [0.2, 0.25) is 0 Å². The molecule has 2 aliphatic carbocycles. The van der Waals surface area contributed by atoms with Crippen molar-refractivity contribution in [3.05, 3.63) is 0 Å². The summed E-state index contributed by atoms with van der Waals surface area (Å²) < 4.78 is 5.84. The second-order valence-corrected chi connectivity index (χ2v) is 7.62. The molecule has 19 heavy (non-hydrogen) atoms. The van der Waals surface area contributed by atoms with Gasteiger partial charge in [-0.25, -0.2) is 0 Å². The van der Waals surface area contributed by atoms with Crippen LogP contribution >= 0.6 is 0 Å². The van der Waals surface area contributed by atoms with E-state index < -0.39 is 0 Å². The van der Waals surface area contributed by atoms with Gasteiger partial charge >= 0.3 is 0 Å². The van der Waals surface area contributed by atoms with Crippen LogP contribution in [0, 0.1) is 17.8 Å². The van der Waals surface area contributed by atoms with Crippen LogP contribution in [0.25, 0.3) is 0 Å². The summed E-state index contributed by atoms with van der Waals surface area (Å²) in [5.41, 5.74) is 0.397. The normalized spacial score (nSPS) is 48.2. The average Bonchev–Trinajstić information content (AvgIpc) is 3.00. The van der Waals surface area contributed by atoms with Crippen molar-refractivity contribution >= 4 is 0 Å². The fourth-order valence-electron chi connectivity index (χ4n) is 4.87. The van der Waals surface area contributed by atoms with Crippen molar-refractivity contribution in [2.75, 3.05) is 19.8 Å². The first-order chi connectivity index (χ1) is 9.26. The van der Waals surface area contributed by atoms with Gasteiger partial charge in [-0.15, -0.1) is 0 Å². The fraction of sp³-hybridized carbons (Fsp3) is 1.00. The molecule has 4 rings (SSSR count). The zero-order valence-electron chi connectivity index (χ0n) is 12.2. The van der Waals surface area contributed by atoms with Gasteiger partial charge in [-0.1, -0.05) is 6.92 Å². The third-order valence-electron chi connectivity index (χ3n) is 6.20. The maximum Gasteiger partial charge on any atom is 0.0649 e. The van der Waals surface area contributed by atoms with Gasteiger partial charge in [0, 0.05) is 17.6 Å². The number of ether oxygens (including phenoxy) is 1. The second-order valence-electron chi connectivity index (χ2n) is 7.62. The molecule has 2 N–H and O–H groups in total. The Labute approximate surface area is 116 Å². The lowest BCUT2D eigenvalue weighted by atomic mass is 9.81. The largest absolute Gasteiger partial charge is 0.378 e. The van der Waals surface area contributed by atoms with E-state index in [1.807, 2.05) is 0 Å². The van der Waals surface area contributed by atoms with E-state index in [0.717, 1.165) is 37.0 Å². The monoisotopic (exact) mass is 264 g/mol. The minimum atomic E-state index is 0.397. The molecule has 4 fully saturated rings. The highest BCUT2D eigenvalue weighted by Crippen LogP contribution is 2.43. The Bertz CT molecular complexity index is 342. The van der Waals surface area contributed by atoms with Crippen LogP contribution in [0.4, 0.5) is 0 Å². The van der Waals surface area contributed by atoms with Crippen molar-refractivity contribution in [1.82, 2.24) is 10.6 Å². The SMILES string of the molecule is CC1CCNC2C(CC3COCC4(CC4)N3)CCC12. The first-order valence-corrected chi connectivity index (χ1v) is 8.35. The lowest BCUT2D eigenvalue weighted by Gasteiger charge is -2.38. The van der Waals surface area contributed by atoms with Crippen molar-refractivity contribution in [2.45, 2.75) is 63.1 Å². The van der Waals surface area contributed by atoms with Crippen LogP contribution in [0.15, 0.2) is 0 Å². The van der Waals surface area contributed by atoms with Crippen LogP contribution in [0.5, 0.6) is 0 Å². The molecular weight excluding hydrogens is 236 g/mol. The van der Waals surface area contributed by atoms with Gasteiger partial charge in [0.25, 0.3) is 0 Å². The van der Waals surface area contributed by atoms with E-state index in [1.54, 1.807) is 0 Å². The van der Waals surface area contributed by atoms with Crippen LogP contribution in [0.3, 0.4) is 0 Å². The number of fused-ring (bicyclic) bond motifs is 1. The maximum absolute atomic E-state index is 5.84. The molecule has 2 saturated heterocycles. The molecule has 3 nitrogen and oxygen atoms in total. The summed E-state index contributed by atoms with van der Waals surface area (Å²) in [7, 11) is 0. The Hall–Kier alpha value is -0.120. The highest BCUT2D eigenvalue weighted by molar-refractivity contribution is 5.06. The summed E-state index contributed by atoms with van der Waals surface area (Å²) in [5.74, 6) is 2.75. The first kappa shape index (κ1) is 12.6. The minimum Gasteiger partial charge on any atom is -0.378 e. The maximum atomic E-state index is 5.84. The van der Waals surface area contributed by atoms with E-state index in [4.69, 9.17) is 4.74 Å². The smallest absolute Gasteiger partial charge is 0.0649 e. The Kier molecular flexibility index (Phi) is 3.13. The summed E-state index contributed by atoms with van der Waals surface area (Å²) in [6, 6.07) is 1.40. The predicted octanol–water partition coefficient (Wildman–Crippen LogP) is 1.92. The van der Waals surface area contributed by atoms with E-state index in [9.17, 15) is 0 Å². The van der Waals surface area contributed by atoms with E-state index >= 15 is 0 Å². The summed E-state index contributed by atoms with van der Waals surface area (Å²) >= 11 is 0. The van der Waals surface area contributed by atoms with Gasteiger partial charge in [0.05, 0.1) is 13.2 Å². The molecule has 2 aliphatic heterocycles. The third-order valence-corrected chi connectivity index (χ3v) is 6.20. The quantitative estimate of drug-likeness (QED) is 0.799. The first-order valence-electron chi connectivity index (χ1n) is 8.35. The second kappa shape index (κ2) is 4.71. The van der Waals surface area contributed by atoms with Crippen molar-refractivity contribution < 1.29 is 4.74 Å². The number of nitrogens with one attached hydrogen (secondary N) is 2. The molecule has 0 aromatic rings. The van der Waals surface area contributed by atoms with Crippen molar-refractivity contribution in [1.29, 1.82) is 0 Å². The molecule has 0 bridgehead atoms. The highest BCUT2D eigenvalue weighted by Gasteiger charge is 2.48. The molecule has 4 aliphatic rings. The standard InChI is InChI=1S/C16H28N2O/c1-11-4-7-17-15-12(2-3-14(11)15)8-13-9-19-10-16(18-13)5-6-16/h11-15,17-18H,2-10H2,1H3. The predicted molar refractivity (Wildman–Crippen MR) is 76.1 cm³/mol. The minimum absolute atomic E-state index is 0.397. The lowest BCUT2D eigenvalue weighted by Crippen LogP contribution is -2.53. The molecule has 0 aromatic carbocycles. The summed E-state index contributed by atoms with van der Waals surface area (Å²) in [5, 5.41) is 7.70. The summed E-state index contributed by atoms with van der Waals surface area (Å²) in [6.07, 6.45) is 8.23. The van der Waals surface area contributed by atoms with E-state index in [-0.39, 0.29) is 0 Å². The van der Waals surface area contributed by atoms with Crippen molar-refractivity contribution in [2.24, 2.45) is 17.8 Å². The highest BCUT2D eigenvalue weighted by atomic mass is 16.5.